The average molecular weight is 403 g/mol. The Kier molecular flexibility index (Phi) is 6.65. The number of morpholine rings is 1. The maximum Gasteiger partial charge on any atom is 0.255 e. The van der Waals surface area contributed by atoms with E-state index in [0.717, 1.165) is 50.4 Å². The van der Waals surface area contributed by atoms with Crippen LogP contribution in [0.25, 0.3) is 0 Å². The number of para-hydroxylation sites is 1. The van der Waals surface area contributed by atoms with Crippen LogP contribution in [-0.4, -0.2) is 58.7 Å². The molecule has 1 aromatic carbocycles. The molecular formula is C21H27ClN4O2. The van der Waals surface area contributed by atoms with Crippen LogP contribution in [0.2, 0.25) is 0 Å². The van der Waals surface area contributed by atoms with Gasteiger partial charge in [0.25, 0.3) is 5.91 Å². The first-order valence-electron chi connectivity index (χ1n) is 9.68. The summed E-state index contributed by atoms with van der Waals surface area (Å²) in [6.45, 7) is 5.40. The lowest BCUT2D eigenvalue weighted by Crippen LogP contribution is -2.61. The molecule has 0 bridgehead atoms. The highest BCUT2D eigenvalue weighted by Crippen LogP contribution is 2.34. The van der Waals surface area contributed by atoms with Gasteiger partial charge in [-0.2, -0.15) is 0 Å². The van der Waals surface area contributed by atoms with Crippen molar-refractivity contribution >= 4 is 24.0 Å². The number of amides is 1. The van der Waals surface area contributed by atoms with E-state index in [2.05, 4.69) is 14.9 Å². The number of aromatic nitrogens is 2. The molecular weight excluding hydrogens is 376 g/mol. The lowest BCUT2D eigenvalue weighted by molar-refractivity contribution is -0.161. The molecule has 4 rings (SSSR count). The van der Waals surface area contributed by atoms with Gasteiger partial charge in [-0.3, -0.25) is 4.79 Å². The number of carbonyl (C=O) groups excluding carboxylic acids is 1. The summed E-state index contributed by atoms with van der Waals surface area (Å²) in [6, 6.07) is 11.8. The lowest BCUT2D eigenvalue weighted by Gasteiger charge is -2.49. The number of nitrogens with zero attached hydrogens (tertiary/aromatic N) is 4. The van der Waals surface area contributed by atoms with E-state index in [1.54, 1.807) is 12.4 Å². The van der Waals surface area contributed by atoms with E-state index in [1.807, 2.05) is 48.2 Å². The number of piperidine rings is 1. The van der Waals surface area contributed by atoms with Gasteiger partial charge in [0.05, 0.1) is 12.1 Å². The first-order valence-corrected chi connectivity index (χ1v) is 9.68. The van der Waals surface area contributed by atoms with E-state index in [0.29, 0.717) is 6.54 Å². The maximum absolute atomic E-state index is 12.7. The zero-order valence-electron chi connectivity index (χ0n) is 16.2. The van der Waals surface area contributed by atoms with Crippen LogP contribution in [-0.2, 0) is 16.0 Å². The zero-order valence-corrected chi connectivity index (χ0v) is 17.0. The number of halogens is 1. The van der Waals surface area contributed by atoms with E-state index >= 15 is 0 Å². The lowest BCUT2D eigenvalue weighted by atomic mass is 9.88. The van der Waals surface area contributed by atoms with E-state index < -0.39 is 6.10 Å². The summed E-state index contributed by atoms with van der Waals surface area (Å²) in [6.07, 6.45) is 5.91. The van der Waals surface area contributed by atoms with Crippen molar-refractivity contribution in [1.82, 2.24) is 14.9 Å². The third kappa shape index (κ3) is 4.51. The summed E-state index contributed by atoms with van der Waals surface area (Å²) in [7, 11) is 0. The van der Waals surface area contributed by atoms with Crippen molar-refractivity contribution in [1.29, 1.82) is 0 Å². The van der Waals surface area contributed by atoms with E-state index in [-0.39, 0.29) is 23.9 Å². The average Bonchev–Trinajstić information content (AvgIpc) is 2.72. The quantitative estimate of drug-likeness (QED) is 0.787. The van der Waals surface area contributed by atoms with Crippen molar-refractivity contribution in [2.45, 2.75) is 37.9 Å². The van der Waals surface area contributed by atoms with E-state index in [1.165, 1.54) is 0 Å². The highest BCUT2D eigenvalue weighted by Gasteiger charge is 2.45. The third-order valence-electron chi connectivity index (χ3n) is 5.59. The van der Waals surface area contributed by atoms with Gasteiger partial charge in [0.1, 0.15) is 11.9 Å². The summed E-state index contributed by atoms with van der Waals surface area (Å²) in [4.78, 5) is 25.6. The second-order valence-electron chi connectivity index (χ2n) is 7.46. The molecule has 0 N–H and O–H groups in total. The van der Waals surface area contributed by atoms with Gasteiger partial charge in [0.2, 0.25) is 0 Å². The molecule has 7 heteroatoms. The third-order valence-corrected chi connectivity index (χ3v) is 5.59. The Labute approximate surface area is 172 Å². The van der Waals surface area contributed by atoms with Crippen molar-refractivity contribution in [3.63, 3.8) is 0 Å². The van der Waals surface area contributed by atoms with Gasteiger partial charge in [0.15, 0.2) is 0 Å². The molecule has 2 aliphatic heterocycles. The molecule has 1 spiro atoms. The van der Waals surface area contributed by atoms with Crippen molar-refractivity contribution in [3.05, 3.63) is 54.6 Å². The predicted molar refractivity (Wildman–Crippen MR) is 111 cm³/mol. The standard InChI is InChI=1S/C21H26N4O2.ClH/c1-17-20(26)25(18-6-3-2-4-7-18)16-21(27-17)9-14-24(15-10-21)13-8-19-22-11-5-12-23-19;/h2-7,11-12,17H,8-10,13-16H2,1H3;1H. The summed E-state index contributed by atoms with van der Waals surface area (Å²) in [5.41, 5.74) is 0.712. The second-order valence-corrected chi connectivity index (χ2v) is 7.46. The van der Waals surface area contributed by atoms with Crippen LogP contribution in [0, 0.1) is 0 Å². The van der Waals surface area contributed by atoms with Crippen molar-refractivity contribution in [2.24, 2.45) is 0 Å². The number of carbonyl (C=O) groups is 1. The number of rotatable bonds is 4. The summed E-state index contributed by atoms with van der Waals surface area (Å²) in [5.74, 6) is 0.941. The number of hydrogen-bond acceptors (Lipinski definition) is 5. The number of hydrogen-bond donors (Lipinski definition) is 0. The maximum atomic E-state index is 12.7. The van der Waals surface area contributed by atoms with Gasteiger partial charge in [-0.05, 0) is 38.0 Å². The molecule has 1 amide bonds. The fourth-order valence-electron chi connectivity index (χ4n) is 4.05. The monoisotopic (exact) mass is 402 g/mol. The van der Waals surface area contributed by atoms with Gasteiger partial charge < -0.3 is 14.5 Å². The number of benzene rings is 1. The van der Waals surface area contributed by atoms with Crippen molar-refractivity contribution in [3.8, 4) is 0 Å². The number of ether oxygens (including phenoxy) is 1. The summed E-state index contributed by atoms with van der Waals surface area (Å²) in [5, 5.41) is 0. The minimum atomic E-state index is -0.400. The van der Waals surface area contributed by atoms with Gasteiger partial charge in [-0.1, -0.05) is 18.2 Å². The van der Waals surface area contributed by atoms with Gasteiger partial charge >= 0.3 is 0 Å². The Balaban J connectivity index is 0.00000225. The Bertz CT molecular complexity index is 766. The smallest absolute Gasteiger partial charge is 0.255 e. The molecule has 0 aliphatic carbocycles. The fraction of sp³-hybridized carbons (Fsp3) is 0.476. The molecule has 2 saturated heterocycles. The van der Waals surface area contributed by atoms with Gasteiger partial charge in [-0.25, -0.2) is 9.97 Å². The van der Waals surface area contributed by atoms with Crippen LogP contribution < -0.4 is 4.90 Å². The first-order chi connectivity index (χ1) is 13.2. The fourth-order valence-corrected chi connectivity index (χ4v) is 4.05. The largest absolute Gasteiger partial charge is 0.360 e. The Morgan fingerprint density at radius 1 is 1.11 bits per heavy atom. The number of anilines is 1. The van der Waals surface area contributed by atoms with Crippen molar-refractivity contribution in [2.75, 3.05) is 31.1 Å². The minimum absolute atomic E-state index is 0. The van der Waals surface area contributed by atoms with Gasteiger partial charge in [0, 0.05) is 44.1 Å². The van der Waals surface area contributed by atoms with Crippen LogP contribution in [0.5, 0.6) is 0 Å². The van der Waals surface area contributed by atoms with E-state index in [4.69, 9.17) is 4.74 Å². The molecule has 1 aromatic heterocycles. The topological polar surface area (TPSA) is 58.6 Å². The molecule has 6 nitrogen and oxygen atoms in total. The summed E-state index contributed by atoms with van der Waals surface area (Å²) >= 11 is 0. The summed E-state index contributed by atoms with van der Waals surface area (Å²) < 4.78 is 6.25. The highest BCUT2D eigenvalue weighted by atomic mass is 35.5. The predicted octanol–water partition coefficient (Wildman–Crippen LogP) is 2.73. The van der Waals surface area contributed by atoms with Crippen LogP contribution in [0.15, 0.2) is 48.8 Å². The Hall–Kier alpha value is -2.02. The normalized spacial score (nSPS) is 22.1. The second kappa shape index (κ2) is 8.99. The van der Waals surface area contributed by atoms with Crippen molar-refractivity contribution < 1.29 is 9.53 Å². The molecule has 2 fully saturated rings. The molecule has 1 atom stereocenters. The Morgan fingerprint density at radius 3 is 2.46 bits per heavy atom. The molecule has 0 saturated carbocycles. The van der Waals surface area contributed by atoms with Crippen LogP contribution in [0.1, 0.15) is 25.6 Å². The highest BCUT2D eigenvalue weighted by molar-refractivity contribution is 5.97. The number of likely N-dealkylation sites (tertiary alicyclic amines) is 1. The molecule has 3 heterocycles. The van der Waals surface area contributed by atoms with E-state index in [9.17, 15) is 4.79 Å². The van der Waals surface area contributed by atoms with Crippen LogP contribution in [0.3, 0.4) is 0 Å². The van der Waals surface area contributed by atoms with Crippen LogP contribution in [0.4, 0.5) is 5.69 Å². The SMILES string of the molecule is CC1OC2(CCN(CCc3ncccn3)CC2)CN(c2ccccc2)C1=O.Cl. The molecule has 150 valence electrons. The van der Waals surface area contributed by atoms with Crippen LogP contribution >= 0.6 is 12.4 Å². The molecule has 0 radical (unpaired) electrons. The molecule has 1 unspecified atom stereocenters. The first kappa shape index (κ1) is 20.7. The zero-order chi connectivity index (χ0) is 18.7. The minimum Gasteiger partial charge on any atom is -0.360 e. The Morgan fingerprint density at radius 2 is 1.79 bits per heavy atom. The van der Waals surface area contributed by atoms with Gasteiger partial charge in [-0.15, -0.1) is 12.4 Å². The molecule has 28 heavy (non-hydrogen) atoms. The molecule has 2 aromatic rings. The molecule has 2 aliphatic rings.